The first-order valence-corrected chi connectivity index (χ1v) is 7.75. The fourth-order valence-electron chi connectivity index (χ4n) is 2.41. The van der Waals surface area contributed by atoms with Gasteiger partial charge in [-0.15, -0.1) is 0 Å². The molecule has 4 N–H and O–H groups in total. The molecule has 0 saturated carbocycles. The lowest BCUT2D eigenvalue weighted by atomic mass is 9.84. The molecular formula is C19H24N2O2. The average Bonchev–Trinajstić information content (AvgIpc) is 2.54. The molecule has 0 unspecified atom stereocenters. The Morgan fingerprint density at radius 3 is 2.30 bits per heavy atom. The van der Waals surface area contributed by atoms with E-state index in [9.17, 15) is 4.79 Å². The number of carboxylic acids is 1. The van der Waals surface area contributed by atoms with Crippen LogP contribution < -0.4 is 11.1 Å². The predicted octanol–water partition coefficient (Wildman–Crippen LogP) is 3.03. The molecule has 0 aliphatic carbocycles. The number of carboxylic acid groups (broad SMARTS) is 1. The van der Waals surface area contributed by atoms with E-state index in [-0.39, 0.29) is 5.41 Å². The van der Waals surface area contributed by atoms with Crippen molar-refractivity contribution < 1.29 is 9.90 Å². The zero-order chi connectivity index (χ0) is 16.9. The molecule has 1 atom stereocenters. The van der Waals surface area contributed by atoms with Gasteiger partial charge >= 0.3 is 5.97 Å². The number of rotatable bonds is 7. The zero-order valence-corrected chi connectivity index (χ0v) is 13.6. The first-order chi connectivity index (χ1) is 10.9. The summed E-state index contributed by atoms with van der Waals surface area (Å²) in [5.74, 6) is -0.971. The van der Waals surface area contributed by atoms with Gasteiger partial charge in [0.05, 0.1) is 0 Å². The summed E-state index contributed by atoms with van der Waals surface area (Å²) in [5.41, 5.74) is 8.78. The second kappa shape index (κ2) is 7.29. The Balaban J connectivity index is 2.00. The maximum absolute atomic E-state index is 10.8. The summed E-state index contributed by atoms with van der Waals surface area (Å²) in [6, 6.07) is 17.3. The largest absolute Gasteiger partial charge is 0.480 e. The third kappa shape index (κ3) is 4.83. The molecule has 0 spiro atoms. The van der Waals surface area contributed by atoms with Crippen molar-refractivity contribution in [2.75, 3.05) is 11.9 Å². The number of hydrogen-bond donors (Lipinski definition) is 3. The van der Waals surface area contributed by atoms with E-state index in [2.05, 4.69) is 31.3 Å². The van der Waals surface area contributed by atoms with Gasteiger partial charge in [-0.25, -0.2) is 0 Å². The minimum Gasteiger partial charge on any atom is -0.480 e. The van der Waals surface area contributed by atoms with E-state index in [1.807, 2.05) is 42.5 Å². The lowest BCUT2D eigenvalue weighted by molar-refractivity contribution is -0.138. The SMILES string of the molecule is CC(C)(CNc1ccccc1)c1ccc(C[C@H](N)C(=O)O)cc1. The third-order valence-electron chi connectivity index (χ3n) is 4.02. The van der Waals surface area contributed by atoms with E-state index in [0.29, 0.717) is 6.42 Å². The summed E-state index contributed by atoms with van der Waals surface area (Å²) in [7, 11) is 0. The van der Waals surface area contributed by atoms with Gasteiger partial charge in [-0.1, -0.05) is 56.3 Å². The number of carbonyl (C=O) groups is 1. The van der Waals surface area contributed by atoms with E-state index in [4.69, 9.17) is 10.8 Å². The Labute approximate surface area is 137 Å². The van der Waals surface area contributed by atoms with Crippen LogP contribution in [-0.2, 0) is 16.6 Å². The maximum atomic E-state index is 10.8. The molecule has 4 heteroatoms. The van der Waals surface area contributed by atoms with Crippen molar-refractivity contribution in [1.82, 2.24) is 0 Å². The number of hydrogen-bond acceptors (Lipinski definition) is 3. The topological polar surface area (TPSA) is 75.3 Å². The smallest absolute Gasteiger partial charge is 0.320 e. The highest BCUT2D eigenvalue weighted by Crippen LogP contribution is 2.24. The zero-order valence-electron chi connectivity index (χ0n) is 13.6. The van der Waals surface area contributed by atoms with Gasteiger partial charge in [0.25, 0.3) is 0 Å². The van der Waals surface area contributed by atoms with E-state index < -0.39 is 12.0 Å². The lowest BCUT2D eigenvalue weighted by Crippen LogP contribution is -2.32. The highest BCUT2D eigenvalue weighted by molar-refractivity contribution is 5.73. The Kier molecular flexibility index (Phi) is 5.40. The predicted molar refractivity (Wildman–Crippen MR) is 93.7 cm³/mol. The van der Waals surface area contributed by atoms with Gasteiger partial charge in [-0.2, -0.15) is 0 Å². The number of aliphatic carboxylic acids is 1. The van der Waals surface area contributed by atoms with E-state index in [1.165, 1.54) is 5.56 Å². The van der Waals surface area contributed by atoms with Crippen LogP contribution in [0.25, 0.3) is 0 Å². The first-order valence-electron chi connectivity index (χ1n) is 7.75. The van der Waals surface area contributed by atoms with Crippen LogP contribution in [0.2, 0.25) is 0 Å². The minimum atomic E-state index is -0.971. The minimum absolute atomic E-state index is 0.0384. The second-order valence-electron chi connectivity index (χ2n) is 6.45. The highest BCUT2D eigenvalue weighted by atomic mass is 16.4. The Morgan fingerprint density at radius 2 is 1.74 bits per heavy atom. The Morgan fingerprint density at radius 1 is 1.13 bits per heavy atom. The third-order valence-corrected chi connectivity index (χ3v) is 4.02. The van der Waals surface area contributed by atoms with Crippen LogP contribution in [0.3, 0.4) is 0 Å². The Bertz CT molecular complexity index is 636. The lowest BCUT2D eigenvalue weighted by Gasteiger charge is -2.26. The van der Waals surface area contributed by atoms with E-state index in [1.54, 1.807) is 0 Å². The van der Waals surface area contributed by atoms with Crippen LogP contribution in [0.4, 0.5) is 5.69 Å². The summed E-state index contributed by atoms with van der Waals surface area (Å²) in [6.45, 7) is 5.17. The molecule has 0 fully saturated rings. The summed E-state index contributed by atoms with van der Waals surface area (Å²) < 4.78 is 0. The fraction of sp³-hybridized carbons (Fsp3) is 0.316. The van der Waals surface area contributed by atoms with Crippen LogP contribution in [0.15, 0.2) is 54.6 Å². The molecular weight excluding hydrogens is 288 g/mol. The molecule has 2 aromatic rings. The summed E-state index contributed by atoms with van der Waals surface area (Å²) in [5, 5.41) is 12.3. The molecule has 0 heterocycles. The van der Waals surface area contributed by atoms with Crippen molar-refractivity contribution in [2.24, 2.45) is 5.73 Å². The van der Waals surface area contributed by atoms with Crippen molar-refractivity contribution in [3.8, 4) is 0 Å². The van der Waals surface area contributed by atoms with Crippen molar-refractivity contribution >= 4 is 11.7 Å². The fourth-order valence-corrected chi connectivity index (χ4v) is 2.41. The molecule has 0 amide bonds. The van der Waals surface area contributed by atoms with E-state index >= 15 is 0 Å². The molecule has 0 saturated heterocycles. The molecule has 0 aliphatic rings. The standard InChI is InChI=1S/C19H24N2O2/c1-19(2,13-21-16-6-4-3-5-7-16)15-10-8-14(9-11-15)12-17(20)18(22)23/h3-11,17,21H,12-13,20H2,1-2H3,(H,22,23)/t17-/m0/s1. The van der Waals surface area contributed by atoms with Gasteiger partial charge in [-0.3, -0.25) is 4.79 Å². The molecule has 0 bridgehead atoms. The van der Waals surface area contributed by atoms with Crippen molar-refractivity contribution in [3.05, 3.63) is 65.7 Å². The number of benzene rings is 2. The molecule has 0 aromatic heterocycles. The van der Waals surface area contributed by atoms with E-state index in [0.717, 1.165) is 17.8 Å². The highest BCUT2D eigenvalue weighted by Gasteiger charge is 2.20. The van der Waals surface area contributed by atoms with Crippen LogP contribution in [0.1, 0.15) is 25.0 Å². The molecule has 23 heavy (non-hydrogen) atoms. The van der Waals surface area contributed by atoms with Gasteiger partial charge in [0, 0.05) is 17.6 Å². The van der Waals surface area contributed by atoms with Crippen LogP contribution in [0.5, 0.6) is 0 Å². The molecule has 4 nitrogen and oxygen atoms in total. The first kappa shape index (κ1) is 17.0. The van der Waals surface area contributed by atoms with Gasteiger partial charge in [0.15, 0.2) is 0 Å². The quantitative estimate of drug-likeness (QED) is 0.734. The summed E-state index contributed by atoms with van der Waals surface area (Å²) in [6.07, 6.45) is 0.346. The van der Waals surface area contributed by atoms with Crippen LogP contribution in [-0.4, -0.2) is 23.7 Å². The monoisotopic (exact) mass is 312 g/mol. The number of nitrogens with two attached hydrogens (primary N) is 1. The Hall–Kier alpha value is -2.33. The molecule has 2 aromatic carbocycles. The molecule has 122 valence electrons. The van der Waals surface area contributed by atoms with Crippen LogP contribution in [0, 0.1) is 0 Å². The maximum Gasteiger partial charge on any atom is 0.320 e. The summed E-state index contributed by atoms with van der Waals surface area (Å²) >= 11 is 0. The van der Waals surface area contributed by atoms with Crippen molar-refractivity contribution in [1.29, 1.82) is 0 Å². The second-order valence-corrected chi connectivity index (χ2v) is 6.45. The van der Waals surface area contributed by atoms with Crippen molar-refractivity contribution in [2.45, 2.75) is 31.7 Å². The number of nitrogens with one attached hydrogen (secondary N) is 1. The molecule has 2 rings (SSSR count). The normalized spacial score (nSPS) is 12.7. The number of anilines is 1. The summed E-state index contributed by atoms with van der Waals surface area (Å²) in [4.78, 5) is 10.8. The van der Waals surface area contributed by atoms with Crippen molar-refractivity contribution in [3.63, 3.8) is 0 Å². The number of para-hydroxylation sites is 1. The van der Waals surface area contributed by atoms with Gasteiger partial charge in [0.2, 0.25) is 0 Å². The molecule has 0 radical (unpaired) electrons. The van der Waals surface area contributed by atoms with Gasteiger partial charge in [-0.05, 0) is 29.7 Å². The van der Waals surface area contributed by atoms with Gasteiger partial charge < -0.3 is 16.2 Å². The molecule has 0 aliphatic heterocycles. The van der Waals surface area contributed by atoms with Crippen LogP contribution >= 0.6 is 0 Å². The van der Waals surface area contributed by atoms with Gasteiger partial charge in [0.1, 0.15) is 6.04 Å². The average molecular weight is 312 g/mol.